The van der Waals surface area contributed by atoms with Crippen molar-refractivity contribution in [2.75, 3.05) is 13.2 Å². The molecule has 1 unspecified atom stereocenters. The molecule has 0 radical (unpaired) electrons. The van der Waals surface area contributed by atoms with Crippen molar-refractivity contribution in [2.45, 2.75) is 12.5 Å². The minimum Gasteiger partial charge on any atom is -0.486 e. The number of benzene rings is 1. The standard InChI is InChI=1S/C14H15NO2S/c15-12(9-10-3-2-8-18-10)11-4-1-5-13-14(11)17-7-6-16-13/h1-5,8,12H,6-7,9,15H2. The van der Waals surface area contributed by atoms with Crippen molar-refractivity contribution in [2.24, 2.45) is 5.73 Å². The van der Waals surface area contributed by atoms with Gasteiger partial charge in [0.1, 0.15) is 13.2 Å². The molecule has 4 heteroatoms. The number of ether oxygens (including phenoxy) is 2. The van der Waals surface area contributed by atoms with E-state index in [0.29, 0.717) is 13.2 Å². The number of rotatable bonds is 3. The third-order valence-electron chi connectivity index (χ3n) is 3.00. The maximum atomic E-state index is 6.28. The van der Waals surface area contributed by atoms with Gasteiger partial charge in [0, 0.05) is 22.9 Å². The quantitative estimate of drug-likeness (QED) is 0.924. The Morgan fingerprint density at radius 3 is 2.89 bits per heavy atom. The van der Waals surface area contributed by atoms with Gasteiger partial charge in [0.05, 0.1) is 0 Å². The predicted molar refractivity (Wildman–Crippen MR) is 72.4 cm³/mol. The molecule has 1 aromatic heterocycles. The van der Waals surface area contributed by atoms with Gasteiger partial charge in [-0.25, -0.2) is 0 Å². The first kappa shape index (κ1) is 11.6. The lowest BCUT2D eigenvalue weighted by molar-refractivity contribution is 0.169. The SMILES string of the molecule is NC(Cc1cccs1)c1cccc2c1OCCO2. The molecule has 18 heavy (non-hydrogen) atoms. The van der Waals surface area contributed by atoms with E-state index in [1.807, 2.05) is 24.3 Å². The van der Waals surface area contributed by atoms with Gasteiger partial charge < -0.3 is 15.2 Å². The summed E-state index contributed by atoms with van der Waals surface area (Å²) in [6.07, 6.45) is 0.831. The van der Waals surface area contributed by atoms with Gasteiger partial charge in [0.25, 0.3) is 0 Å². The minimum atomic E-state index is -0.0553. The van der Waals surface area contributed by atoms with Crippen LogP contribution in [0.5, 0.6) is 11.5 Å². The average Bonchev–Trinajstić information content (AvgIpc) is 2.91. The summed E-state index contributed by atoms with van der Waals surface area (Å²) in [7, 11) is 0. The highest BCUT2D eigenvalue weighted by atomic mass is 32.1. The van der Waals surface area contributed by atoms with E-state index in [2.05, 4.69) is 11.4 Å². The summed E-state index contributed by atoms with van der Waals surface area (Å²) in [6, 6.07) is 10.0. The number of hydrogen-bond acceptors (Lipinski definition) is 4. The van der Waals surface area contributed by atoms with E-state index in [9.17, 15) is 0 Å². The van der Waals surface area contributed by atoms with Crippen molar-refractivity contribution in [3.8, 4) is 11.5 Å². The third-order valence-corrected chi connectivity index (χ3v) is 3.90. The Kier molecular flexibility index (Phi) is 3.21. The topological polar surface area (TPSA) is 44.5 Å². The molecule has 1 atom stereocenters. The molecule has 3 nitrogen and oxygen atoms in total. The molecular weight excluding hydrogens is 246 g/mol. The third kappa shape index (κ3) is 2.21. The molecule has 0 saturated heterocycles. The first-order chi connectivity index (χ1) is 8.84. The summed E-state index contributed by atoms with van der Waals surface area (Å²) < 4.78 is 11.3. The van der Waals surface area contributed by atoms with Crippen LogP contribution in [-0.2, 0) is 6.42 Å². The Morgan fingerprint density at radius 1 is 1.17 bits per heavy atom. The van der Waals surface area contributed by atoms with E-state index in [-0.39, 0.29) is 6.04 Å². The molecule has 0 saturated carbocycles. The lowest BCUT2D eigenvalue weighted by atomic mass is 10.0. The van der Waals surface area contributed by atoms with E-state index in [0.717, 1.165) is 23.5 Å². The second kappa shape index (κ2) is 5.00. The van der Waals surface area contributed by atoms with Crippen LogP contribution in [0.1, 0.15) is 16.5 Å². The molecule has 2 N–H and O–H groups in total. The summed E-state index contributed by atoms with van der Waals surface area (Å²) in [5.41, 5.74) is 7.31. The zero-order valence-electron chi connectivity index (χ0n) is 9.96. The van der Waals surface area contributed by atoms with Gasteiger partial charge in [0.2, 0.25) is 0 Å². The molecule has 1 aliphatic heterocycles. The number of para-hydroxylation sites is 1. The van der Waals surface area contributed by atoms with Crippen LogP contribution in [0, 0.1) is 0 Å². The zero-order chi connectivity index (χ0) is 12.4. The maximum Gasteiger partial charge on any atom is 0.166 e. The van der Waals surface area contributed by atoms with Crippen LogP contribution in [-0.4, -0.2) is 13.2 Å². The Hall–Kier alpha value is -1.52. The Morgan fingerprint density at radius 2 is 2.06 bits per heavy atom. The van der Waals surface area contributed by atoms with Gasteiger partial charge >= 0.3 is 0 Å². The van der Waals surface area contributed by atoms with Crippen LogP contribution < -0.4 is 15.2 Å². The van der Waals surface area contributed by atoms with E-state index in [1.165, 1.54) is 4.88 Å². The van der Waals surface area contributed by atoms with E-state index < -0.39 is 0 Å². The molecule has 2 aromatic rings. The molecular formula is C14H15NO2S. The molecule has 0 spiro atoms. The number of fused-ring (bicyclic) bond motifs is 1. The van der Waals surface area contributed by atoms with Crippen molar-refractivity contribution in [1.82, 2.24) is 0 Å². The summed E-state index contributed by atoms with van der Waals surface area (Å²) in [5, 5.41) is 2.07. The van der Waals surface area contributed by atoms with Crippen molar-refractivity contribution >= 4 is 11.3 Å². The second-order valence-corrected chi connectivity index (χ2v) is 5.29. The summed E-state index contributed by atoms with van der Waals surface area (Å²) in [4.78, 5) is 1.29. The van der Waals surface area contributed by atoms with Gasteiger partial charge in [-0.05, 0) is 17.5 Å². The Balaban J connectivity index is 1.87. The van der Waals surface area contributed by atoms with Crippen LogP contribution in [0.3, 0.4) is 0 Å². The van der Waals surface area contributed by atoms with Crippen LogP contribution in [0.25, 0.3) is 0 Å². The molecule has 0 fully saturated rings. The predicted octanol–water partition coefficient (Wildman–Crippen LogP) is 2.76. The molecule has 94 valence electrons. The fourth-order valence-corrected chi connectivity index (χ4v) is 2.91. The first-order valence-electron chi connectivity index (χ1n) is 6.01. The minimum absolute atomic E-state index is 0.0553. The Bertz CT molecular complexity index is 525. The van der Waals surface area contributed by atoms with Crippen LogP contribution >= 0.6 is 11.3 Å². The molecule has 0 bridgehead atoms. The summed E-state index contributed by atoms with van der Waals surface area (Å²) >= 11 is 1.73. The lowest BCUT2D eigenvalue weighted by Crippen LogP contribution is -2.20. The molecule has 3 rings (SSSR count). The monoisotopic (exact) mass is 261 g/mol. The van der Waals surface area contributed by atoms with E-state index >= 15 is 0 Å². The van der Waals surface area contributed by atoms with Crippen LogP contribution in [0.15, 0.2) is 35.7 Å². The number of nitrogens with two attached hydrogens (primary N) is 1. The highest BCUT2D eigenvalue weighted by Crippen LogP contribution is 2.37. The van der Waals surface area contributed by atoms with Crippen molar-refractivity contribution in [3.63, 3.8) is 0 Å². The lowest BCUT2D eigenvalue weighted by Gasteiger charge is -2.23. The van der Waals surface area contributed by atoms with Gasteiger partial charge in [-0.1, -0.05) is 18.2 Å². The van der Waals surface area contributed by atoms with Gasteiger partial charge in [-0.2, -0.15) is 0 Å². The highest BCUT2D eigenvalue weighted by molar-refractivity contribution is 7.09. The van der Waals surface area contributed by atoms with Crippen molar-refractivity contribution in [1.29, 1.82) is 0 Å². The number of hydrogen-bond donors (Lipinski definition) is 1. The molecule has 0 aliphatic carbocycles. The fraction of sp³-hybridized carbons (Fsp3) is 0.286. The fourth-order valence-electron chi connectivity index (χ4n) is 2.14. The maximum absolute atomic E-state index is 6.28. The zero-order valence-corrected chi connectivity index (χ0v) is 10.8. The highest BCUT2D eigenvalue weighted by Gasteiger charge is 2.20. The summed E-state index contributed by atoms with van der Waals surface area (Å²) in [5.74, 6) is 1.62. The number of thiophene rings is 1. The van der Waals surface area contributed by atoms with Crippen LogP contribution in [0.4, 0.5) is 0 Å². The molecule has 1 aliphatic rings. The smallest absolute Gasteiger partial charge is 0.166 e. The van der Waals surface area contributed by atoms with Crippen molar-refractivity contribution < 1.29 is 9.47 Å². The van der Waals surface area contributed by atoms with E-state index in [1.54, 1.807) is 11.3 Å². The summed E-state index contributed by atoms with van der Waals surface area (Å²) in [6.45, 7) is 1.20. The van der Waals surface area contributed by atoms with E-state index in [4.69, 9.17) is 15.2 Å². The average molecular weight is 261 g/mol. The van der Waals surface area contributed by atoms with Gasteiger partial charge in [-0.15, -0.1) is 11.3 Å². The second-order valence-electron chi connectivity index (χ2n) is 4.26. The van der Waals surface area contributed by atoms with Crippen LogP contribution in [0.2, 0.25) is 0 Å². The van der Waals surface area contributed by atoms with Crippen molar-refractivity contribution in [3.05, 3.63) is 46.2 Å². The molecule has 1 aromatic carbocycles. The van der Waals surface area contributed by atoms with Gasteiger partial charge in [-0.3, -0.25) is 0 Å². The molecule has 0 amide bonds. The van der Waals surface area contributed by atoms with Gasteiger partial charge in [0.15, 0.2) is 11.5 Å². The normalized spacial score (nSPS) is 15.4. The first-order valence-corrected chi connectivity index (χ1v) is 6.89. The largest absolute Gasteiger partial charge is 0.486 e. The molecule has 2 heterocycles. The Labute approximate surface area is 110 Å².